The molecule has 2 aromatic carbocycles. The van der Waals surface area contributed by atoms with E-state index in [0.29, 0.717) is 16.2 Å². The summed E-state index contributed by atoms with van der Waals surface area (Å²) < 4.78 is 10.6. The molecule has 0 saturated heterocycles. The Morgan fingerprint density at radius 2 is 1.88 bits per heavy atom. The Labute approximate surface area is 155 Å². The zero-order valence-corrected chi connectivity index (χ0v) is 15.2. The van der Waals surface area contributed by atoms with Crippen LogP contribution in [0.15, 0.2) is 57.8 Å². The second kappa shape index (κ2) is 7.58. The first-order valence-electron chi connectivity index (χ1n) is 8.07. The smallest absolute Gasteiger partial charge is 0.336 e. The molecule has 0 spiro atoms. The van der Waals surface area contributed by atoms with Crippen LogP contribution in [0.5, 0.6) is 0 Å². The van der Waals surface area contributed by atoms with Crippen molar-refractivity contribution in [3.05, 3.63) is 86.2 Å². The number of halogens is 1. The first-order chi connectivity index (χ1) is 12.4. The lowest BCUT2D eigenvalue weighted by Crippen LogP contribution is -2.06. The van der Waals surface area contributed by atoms with Gasteiger partial charge in [0.1, 0.15) is 12.2 Å². The number of carbonyl (C=O) groups excluding carboxylic acids is 1. The summed E-state index contributed by atoms with van der Waals surface area (Å²) in [5, 5.41) is 1.40. The van der Waals surface area contributed by atoms with Crippen LogP contribution < -0.4 is 5.63 Å². The maximum Gasteiger partial charge on any atom is 0.336 e. The Morgan fingerprint density at radius 1 is 1.15 bits per heavy atom. The number of benzene rings is 2. The highest BCUT2D eigenvalue weighted by molar-refractivity contribution is 6.30. The van der Waals surface area contributed by atoms with Gasteiger partial charge in [-0.1, -0.05) is 35.9 Å². The molecule has 1 aromatic heterocycles. The fourth-order valence-corrected chi connectivity index (χ4v) is 2.71. The molecule has 0 aliphatic rings. The van der Waals surface area contributed by atoms with Crippen LogP contribution in [0.3, 0.4) is 0 Å². The number of hydrogen-bond donors (Lipinski definition) is 0. The van der Waals surface area contributed by atoms with E-state index in [-0.39, 0.29) is 6.61 Å². The van der Waals surface area contributed by atoms with Gasteiger partial charge in [-0.25, -0.2) is 9.59 Å². The van der Waals surface area contributed by atoms with Crippen LogP contribution in [0, 0.1) is 13.8 Å². The summed E-state index contributed by atoms with van der Waals surface area (Å²) in [5.74, 6) is -0.495. The topological polar surface area (TPSA) is 56.5 Å². The van der Waals surface area contributed by atoms with E-state index in [9.17, 15) is 9.59 Å². The molecule has 0 N–H and O–H groups in total. The molecule has 0 amide bonds. The van der Waals surface area contributed by atoms with Crippen molar-refractivity contribution in [2.45, 2.75) is 20.5 Å². The van der Waals surface area contributed by atoms with E-state index in [1.54, 1.807) is 30.3 Å². The van der Waals surface area contributed by atoms with Crippen molar-refractivity contribution in [1.29, 1.82) is 0 Å². The lowest BCUT2D eigenvalue weighted by Gasteiger charge is -2.09. The maximum atomic E-state index is 12.0. The van der Waals surface area contributed by atoms with Crippen LogP contribution in [-0.4, -0.2) is 5.97 Å². The highest BCUT2D eigenvalue weighted by Crippen LogP contribution is 2.23. The number of carbonyl (C=O) groups is 1. The molecule has 0 aliphatic carbocycles. The van der Waals surface area contributed by atoms with E-state index < -0.39 is 11.6 Å². The van der Waals surface area contributed by atoms with Crippen LogP contribution >= 0.6 is 11.6 Å². The van der Waals surface area contributed by atoms with Crippen molar-refractivity contribution >= 4 is 34.6 Å². The molecule has 0 saturated carbocycles. The summed E-state index contributed by atoms with van der Waals surface area (Å²) in [4.78, 5) is 23.8. The van der Waals surface area contributed by atoms with Gasteiger partial charge in [0.2, 0.25) is 0 Å². The largest absolute Gasteiger partial charge is 0.458 e. The standard InChI is InChI=1S/C21H17ClO4/c1-13-3-9-18-16(11-20(24)26-21(18)14(13)2)12-25-19(23)10-6-15-4-7-17(22)8-5-15/h3-11H,12H2,1-2H3. The highest BCUT2D eigenvalue weighted by atomic mass is 35.5. The van der Waals surface area contributed by atoms with E-state index in [4.69, 9.17) is 20.8 Å². The van der Waals surface area contributed by atoms with Crippen molar-refractivity contribution in [2.24, 2.45) is 0 Å². The molecule has 0 atom stereocenters. The Bertz CT molecular complexity index is 1050. The molecule has 26 heavy (non-hydrogen) atoms. The van der Waals surface area contributed by atoms with E-state index in [0.717, 1.165) is 22.1 Å². The minimum Gasteiger partial charge on any atom is -0.458 e. The minimum atomic E-state index is -0.495. The monoisotopic (exact) mass is 368 g/mol. The van der Waals surface area contributed by atoms with Crippen molar-refractivity contribution in [3.63, 3.8) is 0 Å². The third kappa shape index (κ3) is 4.03. The molecular weight excluding hydrogens is 352 g/mol. The molecule has 5 heteroatoms. The summed E-state index contributed by atoms with van der Waals surface area (Å²) >= 11 is 5.82. The Morgan fingerprint density at radius 3 is 2.62 bits per heavy atom. The molecule has 3 rings (SSSR count). The van der Waals surface area contributed by atoms with Gasteiger partial charge in [-0.15, -0.1) is 0 Å². The van der Waals surface area contributed by atoms with E-state index >= 15 is 0 Å². The van der Waals surface area contributed by atoms with Gasteiger partial charge in [-0.3, -0.25) is 0 Å². The Hall–Kier alpha value is -2.85. The zero-order valence-electron chi connectivity index (χ0n) is 14.4. The molecular formula is C21H17ClO4. The van der Waals surface area contributed by atoms with Crippen molar-refractivity contribution < 1.29 is 13.9 Å². The number of aryl methyl sites for hydroxylation is 2. The number of rotatable bonds is 4. The van der Waals surface area contributed by atoms with Crippen LogP contribution in [0.4, 0.5) is 0 Å². The van der Waals surface area contributed by atoms with Gasteiger partial charge in [-0.2, -0.15) is 0 Å². The number of hydrogen-bond acceptors (Lipinski definition) is 4. The summed E-state index contributed by atoms with van der Waals surface area (Å²) in [6.07, 6.45) is 2.98. The second-order valence-electron chi connectivity index (χ2n) is 5.97. The quantitative estimate of drug-likeness (QED) is 0.376. The predicted molar refractivity (Wildman–Crippen MR) is 102 cm³/mol. The molecule has 0 fully saturated rings. The second-order valence-corrected chi connectivity index (χ2v) is 6.40. The predicted octanol–water partition coefficient (Wildman–Crippen LogP) is 4.82. The summed E-state index contributed by atoms with van der Waals surface area (Å²) in [6.45, 7) is 3.84. The Balaban J connectivity index is 1.77. The van der Waals surface area contributed by atoms with E-state index in [2.05, 4.69) is 0 Å². The molecule has 3 aromatic rings. The summed E-state index contributed by atoms with van der Waals surface area (Å²) in [5.41, 5.74) is 3.45. The van der Waals surface area contributed by atoms with Gasteiger partial charge in [0.05, 0.1) is 0 Å². The molecule has 0 radical (unpaired) electrons. The third-order valence-electron chi connectivity index (χ3n) is 4.17. The summed E-state index contributed by atoms with van der Waals surface area (Å²) in [6, 6.07) is 12.3. The molecule has 4 nitrogen and oxygen atoms in total. The normalized spacial score (nSPS) is 11.2. The average Bonchev–Trinajstić information content (AvgIpc) is 2.62. The summed E-state index contributed by atoms with van der Waals surface area (Å²) in [7, 11) is 0. The zero-order chi connectivity index (χ0) is 18.7. The molecule has 132 valence electrons. The van der Waals surface area contributed by atoms with Crippen molar-refractivity contribution in [2.75, 3.05) is 0 Å². The molecule has 0 unspecified atom stereocenters. The van der Waals surface area contributed by atoms with Gasteiger partial charge in [0.15, 0.2) is 0 Å². The first-order valence-corrected chi connectivity index (χ1v) is 8.45. The van der Waals surface area contributed by atoms with Gasteiger partial charge in [0, 0.05) is 28.1 Å². The highest BCUT2D eigenvalue weighted by Gasteiger charge is 2.10. The lowest BCUT2D eigenvalue weighted by molar-refractivity contribution is -0.138. The number of fused-ring (bicyclic) bond motifs is 1. The van der Waals surface area contributed by atoms with Crippen LogP contribution in [0.25, 0.3) is 17.0 Å². The SMILES string of the molecule is Cc1ccc2c(COC(=O)C=Cc3ccc(Cl)cc3)cc(=O)oc2c1C. The van der Waals surface area contributed by atoms with Crippen molar-refractivity contribution in [1.82, 2.24) is 0 Å². The van der Waals surface area contributed by atoms with Crippen LogP contribution in [-0.2, 0) is 16.1 Å². The van der Waals surface area contributed by atoms with E-state index in [1.807, 2.05) is 26.0 Å². The Kier molecular flexibility index (Phi) is 5.24. The molecule has 1 heterocycles. The van der Waals surface area contributed by atoms with E-state index in [1.165, 1.54) is 12.1 Å². The lowest BCUT2D eigenvalue weighted by atomic mass is 10.0. The number of esters is 1. The molecule has 0 aliphatic heterocycles. The van der Waals surface area contributed by atoms with Crippen molar-refractivity contribution in [3.8, 4) is 0 Å². The average molecular weight is 369 g/mol. The fraction of sp³-hybridized carbons (Fsp3) is 0.143. The van der Waals surface area contributed by atoms with Crippen LogP contribution in [0.2, 0.25) is 5.02 Å². The number of ether oxygens (including phenoxy) is 1. The van der Waals surface area contributed by atoms with Gasteiger partial charge in [-0.05, 0) is 48.7 Å². The van der Waals surface area contributed by atoms with Crippen LogP contribution in [0.1, 0.15) is 22.3 Å². The van der Waals surface area contributed by atoms with Gasteiger partial charge in [0.25, 0.3) is 0 Å². The fourth-order valence-electron chi connectivity index (χ4n) is 2.58. The molecule has 0 bridgehead atoms. The minimum absolute atomic E-state index is 0.00556. The third-order valence-corrected chi connectivity index (χ3v) is 4.42. The first kappa shape index (κ1) is 18.0. The van der Waals surface area contributed by atoms with Gasteiger partial charge >= 0.3 is 11.6 Å². The van der Waals surface area contributed by atoms with Gasteiger partial charge < -0.3 is 9.15 Å². The maximum absolute atomic E-state index is 12.0.